The first-order valence-corrected chi connectivity index (χ1v) is 12.7. The molecule has 9 nitrogen and oxygen atoms in total. The minimum absolute atomic E-state index is 0.236. The largest absolute Gasteiger partial charge is 0.496 e. The zero-order valence-electron chi connectivity index (χ0n) is 20.7. The van der Waals surface area contributed by atoms with Crippen LogP contribution >= 0.6 is 22.6 Å². The second kappa shape index (κ2) is 10.7. The first-order valence-electron chi connectivity index (χ1n) is 11.7. The number of methoxy groups -OCH3 is 1. The van der Waals surface area contributed by atoms with Gasteiger partial charge in [-0.3, -0.25) is 9.59 Å². The molecule has 0 unspecified atom stereocenters. The number of para-hydroxylation sites is 1. The Morgan fingerprint density at radius 2 is 1.92 bits per heavy atom. The fourth-order valence-electron chi connectivity index (χ4n) is 4.01. The molecule has 0 saturated carbocycles. The van der Waals surface area contributed by atoms with Crippen molar-refractivity contribution in [1.82, 2.24) is 9.66 Å². The zero-order chi connectivity index (χ0) is 26.8. The molecule has 0 aliphatic carbocycles. The predicted molar refractivity (Wildman–Crippen MR) is 152 cm³/mol. The molecule has 0 radical (unpaired) electrons. The Morgan fingerprint density at radius 1 is 1.11 bits per heavy atom. The Labute approximate surface area is 230 Å². The third-order valence-electron chi connectivity index (χ3n) is 5.62. The maximum Gasteiger partial charge on any atom is 0.308 e. The maximum atomic E-state index is 13.6. The van der Waals surface area contributed by atoms with E-state index in [4.69, 9.17) is 23.6 Å². The lowest BCUT2D eigenvalue weighted by molar-refractivity contribution is -0.132. The molecule has 0 N–H and O–H groups in total. The van der Waals surface area contributed by atoms with E-state index in [0.717, 1.165) is 5.39 Å². The monoisotopic (exact) mass is 623 g/mol. The summed E-state index contributed by atoms with van der Waals surface area (Å²) in [5.74, 6) is 1.51. The van der Waals surface area contributed by atoms with E-state index in [1.807, 2.05) is 31.2 Å². The molecule has 192 valence electrons. The second-order valence-corrected chi connectivity index (χ2v) is 9.32. The Kier molecular flexibility index (Phi) is 7.14. The second-order valence-electron chi connectivity index (χ2n) is 8.15. The zero-order valence-corrected chi connectivity index (χ0v) is 22.9. The van der Waals surface area contributed by atoms with Crippen LogP contribution in [0.25, 0.3) is 33.5 Å². The summed E-state index contributed by atoms with van der Waals surface area (Å²) in [6.45, 7) is 3.54. The number of hydrogen-bond donors (Lipinski definition) is 0. The van der Waals surface area contributed by atoms with Crippen LogP contribution in [-0.4, -0.2) is 35.6 Å². The molecular formula is C28H22IN3O6. The first kappa shape index (κ1) is 25.5. The molecule has 0 atom stereocenters. The van der Waals surface area contributed by atoms with Crippen molar-refractivity contribution in [2.24, 2.45) is 5.10 Å². The SMILES string of the molecule is CCOc1cc(C=Nn2c(-c3cc4c(OC)cccc4o3)nc3ccccc3c2=O)cc(I)c1OC(C)=O. The van der Waals surface area contributed by atoms with Gasteiger partial charge in [0, 0.05) is 6.92 Å². The number of fused-ring (bicyclic) bond motifs is 2. The van der Waals surface area contributed by atoms with E-state index in [-0.39, 0.29) is 11.4 Å². The van der Waals surface area contributed by atoms with E-state index in [1.54, 1.807) is 43.5 Å². The van der Waals surface area contributed by atoms with Crippen LogP contribution in [0.4, 0.5) is 0 Å². The van der Waals surface area contributed by atoms with Crippen molar-refractivity contribution in [3.05, 3.63) is 80.2 Å². The lowest BCUT2D eigenvalue weighted by atomic mass is 10.2. The van der Waals surface area contributed by atoms with Crippen LogP contribution in [-0.2, 0) is 4.79 Å². The number of halogens is 1. The van der Waals surface area contributed by atoms with Crippen molar-refractivity contribution >= 4 is 56.6 Å². The van der Waals surface area contributed by atoms with Crippen molar-refractivity contribution in [1.29, 1.82) is 0 Å². The van der Waals surface area contributed by atoms with Crippen LogP contribution in [0.15, 0.2) is 75.0 Å². The van der Waals surface area contributed by atoms with Crippen molar-refractivity contribution < 1.29 is 23.4 Å². The molecule has 0 amide bonds. The Bertz CT molecular complexity index is 1770. The number of benzene rings is 3. The van der Waals surface area contributed by atoms with E-state index < -0.39 is 5.97 Å². The van der Waals surface area contributed by atoms with Crippen LogP contribution < -0.4 is 19.8 Å². The first-order chi connectivity index (χ1) is 18.4. The van der Waals surface area contributed by atoms with Gasteiger partial charge in [-0.25, -0.2) is 4.98 Å². The van der Waals surface area contributed by atoms with Gasteiger partial charge in [0.1, 0.15) is 11.3 Å². The molecule has 0 saturated heterocycles. The Balaban J connectivity index is 1.67. The topological polar surface area (TPSA) is 105 Å². The number of hydrogen-bond acceptors (Lipinski definition) is 8. The van der Waals surface area contributed by atoms with Crippen molar-refractivity contribution in [3.8, 4) is 28.8 Å². The van der Waals surface area contributed by atoms with Gasteiger partial charge in [-0.2, -0.15) is 9.78 Å². The summed E-state index contributed by atoms with van der Waals surface area (Å²) < 4.78 is 24.4. The van der Waals surface area contributed by atoms with Crippen molar-refractivity contribution in [3.63, 3.8) is 0 Å². The van der Waals surface area contributed by atoms with E-state index in [0.29, 0.717) is 55.2 Å². The number of esters is 1. The van der Waals surface area contributed by atoms with Gasteiger partial charge in [0.15, 0.2) is 17.3 Å². The van der Waals surface area contributed by atoms with Gasteiger partial charge < -0.3 is 18.6 Å². The lowest BCUT2D eigenvalue weighted by Gasteiger charge is -2.12. The third-order valence-corrected chi connectivity index (χ3v) is 6.42. The standard InChI is InChI=1S/C28H22IN3O6/c1-4-36-24-13-17(12-20(29)26(24)37-16(2)33)15-30-32-27(31-21-9-6-5-8-18(21)28(32)34)25-14-19-22(35-3)10-7-11-23(19)38-25/h5-15H,4H2,1-3H3. The summed E-state index contributed by atoms with van der Waals surface area (Å²) in [4.78, 5) is 29.8. The molecule has 2 aromatic heterocycles. The molecule has 5 rings (SSSR count). The van der Waals surface area contributed by atoms with Gasteiger partial charge in [-0.05, 0) is 77.5 Å². The molecule has 0 spiro atoms. The van der Waals surface area contributed by atoms with Gasteiger partial charge in [0.2, 0.25) is 5.82 Å². The summed E-state index contributed by atoms with van der Waals surface area (Å²) in [6, 6.07) is 17.8. The Morgan fingerprint density at radius 3 is 2.68 bits per heavy atom. The van der Waals surface area contributed by atoms with Crippen molar-refractivity contribution in [2.75, 3.05) is 13.7 Å². The minimum atomic E-state index is -0.453. The highest BCUT2D eigenvalue weighted by Gasteiger charge is 2.18. The molecular weight excluding hydrogens is 601 g/mol. The van der Waals surface area contributed by atoms with Crippen LogP contribution in [0.3, 0.4) is 0 Å². The number of ether oxygens (including phenoxy) is 3. The van der Waals surface area contributed by atoms with E-state index in [2.05, 4.69) is 27.7 Å². The molecule has 38 heavy (non-hydrogen) atoms. The molecule has 2 heterocycles. The van der Waals surface area contributed by atoms with Crippen LogP contribution in [0.2, 0.25) is 0 Å². The highest BCUT2D eigenvalue weighted by Crippen LogP contribution is 2.35. The summed E-state index contributed by atoms with van der Waals surface area (Å²) in [6.07, 6.45) is 1.52. The fraction of sp³-hybridized carbons (Fsp3) is 0.143. The number of nitrogens with zero attached hydrogens (tertiary/aromatic N) is 3. The summed E-state index contributed by atoms with van der Waals surface area (Å²) in [5, 5.41) is 5.67. The predicted octanol–water partition coefficient (Wildman–Crippen LogP) is 5.63. The molecule has 5 aromatic rings. The number of furan rings is 1. The highest BCUT2D eigenvalue weighted by atomic mass is 127. The molecule has 10 heteroatoms. The smallest absolute Gasteiger partial charge is 0.308 e. The molecule has 0 fully saturated rings. The van der Waals surface area contributed by atoms with E-state index in [9.17, 15) is 9.59 Å². The van der Waals surface area contributed by atoms with Crippen molar-refractivity contribution in [2.45, 2.75) is 13.8 Å². The third kappa shape index (κ3) is 4.86. The minimum Gasteiger partial charge on any atom is -0.496 e. The average Bonchev–Trinajstić information content (AvgIpc) is 3.34. The van der Waals surface area contributed by atoms with Crippen LogP contribution in [0, 0.1) is 3.57 Å². The number of aromatic nitrogens is 2. The van der Waals surface area contributed by atoms with Gasteiger partial charge in [0.25, 0.3) is 5.56 Å². The Hall–Kier alpha value is -4.19. The van der Waals surface area contributed by atoms with Gasteiger partial charge >= 0.3 is 5.97 Å². The number of carbonyl (C=O) groups excluding carboxylic acids is 1. The molecule has 0 bridgehead atoms. The highest BCUT2D eigenvalue weighted by molar-refractivity contribution is 14.1. The summed E-state index contributed by atoms with van der Waals surface area (Å²) in [7, 11) is 1.58. The summed E-state index contributed by atoms with van der Waals surface area (Å²) >= 11 is 2.06. The van der Waals surface area contributed by atoms with Gasteiger partial charge in [0.05, 0.1) is 39.8 Å². The normalized spacial score (nSPS) is 11.4. The quantitative estimate of drug-likeness (QED) is 0.100. The molecule has 0 aliphatic heterocycles. The van der Waals surface area contributed by atoms with Gasteiger partial charge in [-0.15, -0.1) is 0 Å². The number of rotatable bonds is 7. The van der Waals surface area contributed by atoms with E-state index >= 15 is 0 Å². The fourth-order valence-corrected chi connectivity index (χ4v) is 4.74. The van der Waals surface area contributed by atoms with Crippen LogP contribution in [0.5, 0.6) is 17.2 Å². The number of carbonyl (C=O) groups is 1. The molecule has 3 aromatic carbocycles. The van der Waals surface area contributed by atoms with Crippen LogP contribution in [0.1, 0.15) is 19.4 Å². The lowest BCUT2D eigenvalue weighted by Crippen LogP contribution is -2.20. The molecule has 0 aliphatic rings. The average molecular weight is 623 g/mol. The van der Waals surface area contributed by atoms with Gasteiger partial charge in [-0.1, -0.05) is 18.2 Å². The summed E-state index contributed by atoms with van der Waals surface area (Å²) in [5.41, 5.74) is 1.39. The van der Waals surface area contributed by atoms with E-state index in [1.165, 1.54) is 17.8 Å². The maximum absolute atomic E-state index is 13.6.